The predicted molar refractivity (Wildman–Crippen MR) is 111 cm³/mol. The standard InChI is InChI=1S/C23H28FN3O3/c1-16(30-20-8-6-19(24)7-9-20)23(29)26-12-10-17(11-13-26)15-27-22(28)14-18-4-2-3-5-21(18)25-27/h6-9,14,16-17H,2-5,10-13,15H2,1H3. The van der Waals surface area contributed by atoms with Crippen LogP contribution in [-0.4, -0.2) is 39.8 Å². The first-order valence-corrected chi connectivity index (χ1v) is 10.8. The maximum Gasteiger partial charge on any atom is 0.267 e. The summed E-state index contributed by atoms with van der Waals surface area (Å²) in [6.45, 7) is 3.60. The van der Waals surface area contributed by atoms with Crippen LogP contribution in [0.2, 0.25) is 0 Å². The number of carbonyl (C=O) groups excluding carboxylic acids is 1. The maximum atomic E-state index is 13.0. The molecule has 2 heterocycles. The van der Waals surface area contributed by atoms with Crippen LogP contribution in [0.1, 0.15) is 43.9 Å². The number of likely N-dealkylation sites (tertiary alicyclic amines) is 1. The number of aryl methyl sites for hydroxylation is 2. The van der Waals surface area contributed by atoms with Crippen molar-refractivity contribution in [3.8, 4) is 5.75 Å². The molecular weight excluding hydrogens is 385 g/mol. The molecule has 2 aromatic rings. The number of aromatic nitrogens is 2. The van der Waals surface area contributed by atoms with Gasteiger partial charge in [-0.05, 0) is 81.2 Å². The number of hydrogen-bond acceptors (Lipinski definition) is 4. The quantitative estimate of drug-likeness (QED) is 0.756. The highest BCUT2D eigenvalue weighted by atomic mass is 19.1. The Morgan fingerprint density at radius 3 is 2.63 bits per heavy atom. The Kier molecular flexibility index (Phi) is 6.16. The van der Waals surface area contributed by atoms with Crippen LogP contribution in [0.25, 0.3) is 0 Å². The number of nitrogens with zero attached hydrogens (tertiary/aromatic N) is 3. The van der Waals surface area contributed by atoms with E-state index in [4.69, 9.17) is 4.74 Å². The average Bonchev–Trinajstić information content (AvgIpc) is 2.76. The van der Waals surface area contributed by atoms with Crippen LogP contribution < -0.4 is 10.3 Å². The lowest BCUT2D eigenvalue weighted by Crippen LogP contribution is -2.45. The molecule has 0 N–H and O–H groups in total. The summed E-state index contributed by atoms with van der Waals surface area (Å²) < 4.78 is 20.3. The number of rotatable bonds is 5. The van der Waals surface area contributed by atoms with Crippen molar-refractivity contribution in [2.24, 2.45) is 5.92 Å². The number of hydrogen-bond donors (Lipinski definition) is 0. The Morgan fingerprint density at radius 2 is 1.90 bits per heavy atom. The van der Waals surface area contributed by atoms with E-state index < -0.39 is 6.10 Å². The van der Waals surface area contributed by atoms with Gasteiger partial charge in [0.15, 0.2) is 6.10 Å². The Bertz CT molecular complexity index is 949. The van der Waals surface area contributed by atoms with Crippen molar-refractivity contribution in [3.05, 3.63) is 57.8 Å². The lowest BCUT2D eigenvalue weighted by atomic mass is 9.95. The molecule has 1 atom stereocenters. The summed E-state index contributed by atoms with van der Waals surface area (Å²) in [7, 11) is 0. The van der Waals surface area contributed by atoms with Crippen molar-refractivity contribution in [2.45, 2.75) is 58.1 Å². The molecule has 1 aromatic carbocycles. The minimum atomic E-state index is -0.628. The molecule has 0 bridgehead atoms. The number of amides is 1. The molecule has 160 valence electrons. The van der Waals surface area contributed by atoms with E-state index in [1.54, 1.807) is 17.7 Å². The molecule has 6 nitrogen and oxygen atoms in total. The monoisotopic (exact) mass is 413 g/mol. The third-order valence-electron chi connectivity index (χ3n) is 6.11. The summed E-state index contributed by atoms with van der Waals surface area (Å²) in [5, 5.41) is 4.62. The highest BCUT2D eigenvalue weighted by molar-refractivity contribution is 5.81. The largest absolute Gasteiger partial charge is 0.481 e. The maximum absolute atomic E-state index is 13.0. The van der Waals surface area contributed by atoms with Gasteiger partial charge in [0, 0.05) is 25.7 Å². The smallest absolute Gasteiger partial charge is 0.267 e. The van der Waals surface area contributed by atoms with E-state index in [-0.39, 0.29) is 17.3 Å². The van der Waals surface area contributed by atoms with Crippen molar-refractivity contribution in [1.29, 1.82) is 0 Å². The van der Waals surface area contributed by atoms with Gasteiger partial charge in [-0.2, -0.15) is 5.10 Å². The summed E-state index contributed by atoms with van der Waals surface area (Å²) >= 11 is 0. The second-order valence-electron chi connectivity index (χ2n) is 8.33. The van der Waals surface area contributed by atoms with Gasteiger partial charge in [-0.1, -0.05) is 0 Å². The van der Waals surface area contributed by atoms with Gasteiger partial charge in [-0.3, -0.25) is 9.59 Å². The zero-order valence-electron chi connectivity index (χ0n) is 17.3. The van der Waals surface area contributed by atoms with Crippen LogP contribution in [0.3, 0.4) is 0 Å². The first-order chi connectivity index (χ1) is 14.5. The van der Waals surface area contributed by atoms with Gasteiger partial charge in [-0.25, -0.2) is 9.07 Å². The Hall–Kier alpha value is -2.70. The van der Waals surface area contributed by atoms with Gasteiger partial charge in [-0.15, -0.1) is 0 Å². The van der Waals surface area contributed by atoms with E-state index in [0.717, 1.165) is 49.8 Å². The average molecular weight is 413 g/mol. The molecule has 1 aliphatic heterocycles. The van der Waals surface area contributed by atoms with Gasteiger partial charge in [0.25, 0.3) is 11.5 Å². The van der Waals surface area contributed by atoms with E-state index >= 15 is 0 Å². The van der Waals surface area contributed by atoms with Gasteiger partial charge in [0.05, 0.1) is 5.69 Å². The second-order valence-corrected chi connectivity index (χ2v) is 8.33. The zero-order valence-corrected chi connectivity index (χ0v) is 17.3. The van der Waals surface area contributed by atoms with Crippen LogP contribution in [0.15, 0.2) is 35.1 Å². The normalized spacial score (nSPS) is 18.0. The molecule has 1 aromatic heterocycles. The number of carbonyl (C=O) groups is 1. The molecule has 0 radical (unpaired) electrons. The van der Waals surface area contributed by atoms with E-state index in [1.807, 2.05) is 4.90 Å². The van der Waals surface area contributed by atoms with Gasteiger partial charge in [0.1, 0.15) is 11.6 Å². The third-order valence-corrected chi connectivity index (χ3v) is 6.11. The van der Waals surface area contributed by atoms with Gasteiger partial charge in [0.2, 0.25) is 0 Å². The molecule has 2 aliphatic rings. The van der Waals surface area contributed by atoms with Crippen molar-refractivity contribution in [2.75, 3.05) is 13.1 Å². The zero-order chi connectivity index (χ0) is 21.1. The lowest BCUT2D eigenvalue weighted by Gasteiger charge is -2.33. The topological polar surface area (TPSA) is 64.4 Å². The van der Waals surface area contributed by atoms with Gasteiger partial charge >= 0.3 is 0 Å². The first kappa shape index (κ1) is 20.6. The van der Waals surface area contributed by atoms with Crippen LogP contribution in [0, 0.1) is 11.7 Å². The van der Waals surface area contributed by atoms with Gasteiger partial charge < -0.3 is 9.64 Å². The molecule has 1 fully saturated rings. The fourth-order valence-corrected chi connectivity index (χ4v) is 4.34. The highest BCUT2D eigenvalue weighted by Gasteiger charge is 2.27. The second kappa shape index (κ2) is 8.98. The third kappa shape index (κ3) is 4.71. The van der Waals surface area contributed by atoms with Crippen LogP contribution in [0.5, 0.6) is 5.75 Å². The van der Waals surface area contributed by atoms with Crippen LogP contribution in [-0.2, 0) is 24.2 Å². The summed E-state index contributed by atoms with van der Waals surface area (Å²) in [6.07, 6.45) is 5.22. The molecule has 1 amide bonds. The van der Waals surface area contributed by atoms with Crippen molar-refractivity contribution in [3.63, 3.8) is 0 Å². The minimum Gasteiger partial charge on any atom is -0.481 e. The summed E-state index contributed by atoms with van der Waals surface area (Å²) in [4.78, 5) is 26.9. The van der Waals surface area contributed by atoms with Crippen molar-refractivity contribution in [1.82, 2.24) is 14.7 Å². The molecular formula is C23H28FN3O3. The number of benzene rings is 1. The molecule has 1 saturated heterocycles. The number of piperidine rings is 1. The SMILES string of the molecule is CC(Oc1ccc(F)cc1)C(=O)N1CCC(Cn2nc3c(cc2=O)CCCC3)CC1. The molecule has 0 spiro atoms. The van der Waals surface area contributed by atoms with Crippen molar-refractivity contribution < 1.29 is 13.9 Å². The number of fused-ring (bicyclic) bond motifs is 1. The van der Waals surface area contributed by atoms with E-state index in [9.17, 15) is 14.0 Å². The molecule has 1 aliphatic carbocycles. The van der Waals surface area contributed by atoms with E-state index in [0.29, 0.717) is 31.3 Å². The fourth-order valence-electron chi connectivity index (χ4n) is 4.34. The lowest BCUT2D eigenvalue weighted by molar-refractivity contribution is -0.139. The molecule has 1 unspecified atom stereocenters. The Balaban J connectivity index is 1.31. The highest BCUT2D eigenvalue weighted by Crippen LogP contribution is 2.22. The number of ether oxygens (including phenoxy) is 1. The molecule has 7 heteroatoms. The van der Waals surface area contributed by atoms with Crippen molar-refractivity contribution >= 4 is 5.91 Å². The molecule has 4 rings (SSSR count). The fraction of sp³-hybridized carbons (Fsp3) is 0.522. The summed E-state index contributed by atoms with van der Waals surface area (Å²) in [6, 6.07) is 7.43. The first-order valence-electron chi connectivity index (χ1n) is 10.8. The Labute approximate surface area is 175 Å². The summed E-state index contributed by atoms with van der Waals surface area (Å²) in [5.41, 5.74) is 2.16. The molecule has 30 heavy (non-hydrogen) atoms. The molecule has 0 saturated carbocycles. The van der Waals surface area contributed by atoms with E-state index in [2.05, 4.69) is 5.10 Å². The van der Waals surface area contributed by atoms with Crippen LogP contribution in [0.4, 0.5) is 4.39 Å². The van der Waals surface area contributed by atoms with Crippen LogP contribution >= 0.6 is 0 Å². The summed E-state index contributed by atoms with van der Waals surface area (Å²) in [5.74, 6) is 0.400. The minimum absolute atomic E-state index is 0.0181. The Morgan fingerprint density at radius 1 is 1.20 bits per heavy atom. The number of halogens is 1. The predicted octanol–water partition coefficient (Wildman–Crippen LogP) is 2.97. The van der Waals surface area contributed by atoms with E-state index in [1.165, 1.54) is 24.3 Å².